The fourth-order valence-corrected chi connectivity index (χ4v) is 6.13. The van der Waals surface area contributed by atoms with Crippen LogP contribution in [0.2, 0.25) is 0 Å². The Morgan fingerprint density at radius 2 is 2.28 bits per heavy atom. The quantitative estimate of drug-likeness (QED) is 0.423. The van der Waals surface area contributed by atoms with Gasteiger partial charge in [-0.05, 0) is 43.6 Å². The van der Waals surface area contributed by atoms with Crippen molar-refractivity contribution in [3.63, 3.8) is 0 Å². The summed E-state index contributed by atoms with van der Waals surface area (Å²) in [5.41, 5.74) is 0.711. The molecule has 1 saturated heterocycles. The average Bonchev–Trinajstić information content (AvgIpc) is 2.88. The van der Waals surface area contributed by atoms with Crippen molar-refractivity contribution in [3.8, 4) is 0 Å². The molecule has 0 bridgehead atoms. The van der Waals surface area contributed by atoms with Gasteiger partial charge >= 0.3 is 0 Å². The van der Waals surface area contributed by atoms with Crippen LogP contribution in [0.4, 0.5) is 0 Å². The molecule has 2 fully saturated rings. The first-order valence-electron chi connectivity index (χ1n) is 8.51. The van der Waals surface area contributed by atoms with Crippen molar-refractivity contribution in [1.29, 1.82) is 0 Å². The Morgan fingerprint density at radius 1 is 1.52 bits per heavy atom. The van der Waals surface area contributed by atoms with Gasteiger partial charge < -0.3 is 9.72 Å². The number of hydrogen-bond donors (Lipinski definition) is 1. The topological polar surface area (TPSA) is 49.6 Å². The van der Waals surface area contributed by atoms with E-state index in [0.29, 0.717) is 5.92 Å². The van der Waals surface area contributed by atoms with Crippen molar-refractivity contribution < 1.29 is 4.79 Å². The summed E-state index contributed by atoms with van der Waals surface area (Å²) in [7, 11) is 0. The zero-order valence-electron chi connectivity index (χ0n) is 14.9. The number of carbonyl (C=O) groups excluding carboxylic acids is 1. The number of halogens is 1. The van der Waals surface area contributed by atoms with Crippen molar-refractivity contribution >= 4 is 46.1 Å². The second kappa shape index (κ2) is 5.85. The maximum Gasteiger partial charge on any atom is 0.224 e. The Kier molecular flexibility index (Phi) is 4.12. The van der Waals surface area contributed by atoms with Crippen LogP contribution in [0, 0.1) is 17.3 Å². The third-order valence-corrected chi connectivity index (χ3v) is 7.31. The van der Waals surface area contributed by atoms with Crippen LogP contribution in [0.15, 0.2) is 29.4 Å². The van der Waals surface area contributed by atoms with Gasteiger partial charge in [0, 0.05) is 53.0 Å². The van der Waals surface area contributed by atoms with E-state index >= 15 is 0 Å². The average molecular weight is 470 g/mol. The molecule has 1 amide bonds. The molecule has 0 spiro atoms. The highest BCUT2D eigenvalue weighted by molar-refractivity contribution is 14.1. The summed E-state index contributed by atoms with van der Waals surface area (Å²) in [4.78, 5) is 18.8. The number of aromatic nitrogens is 2. The second-order valence-corrected chi connectivity index (χ2v) is 10.1. The second-order valence-electron chi connectivity index (χ2n) is 7.92. The Hall–Kier alpha value is -0.800. The van der Waals surface area contributed by atoms with Gasteiger partial charge in [0.25, 0.3) is 0 Å². The molecule has 1 aliphatic heterocycles. The lowest BCUT2D eigenvalue weighted by Crippen LogP contribution is -2.44. The largest absolute Gasteiger partial charge is 0.344 e. The first-order valence-corrected chi connectivity index (χ1v) is 10.7. The molecule has 1 saturated carbocycles. The fraction of sp³-hybridized carbons (Fsp3) is 0.556. The number of nitrogens with one attached hydrogen (secondary N) is 1. The predicted octanol–water partition coefficient (Wildman–Crippen LogP) is 3.33. The van der Waals surface area contributed by atoms with E-state index in [-0.39, 0.29) is 17.2 Å². The highest BCUT2D eigenvalue weighted by Crippen LogP contribution is 2.63. The number of piperidine rings is 1. The van der Waals surface area contributed by atoms with Crippen LogP contribution in [0.3, 0.4) is 0 Å². The van der Waals surface area contributed by atoms with Gasteiger partial charge in [0.15, 0.2) is 0 Å². The van der Waals surface area contributed by atoms with Gasteiger partial charge in [-0.2, -0.15) is 0 Å². The van der Waals surface area contributed by atoms with Crippen molar-refractivity contribution in [2.24, 2.45) is 17.3 Å². The molecule has 2 aromatic rings. The van der Waals surface area contributed by atoms with Gasteiger partial charge in [0.2, 0.25) is 5.91 Å². The van der Waals surface area contributed by atoms with Gasteiger partial charge in [-0.1, -0.05) is 6.92 Å². The zero-order valence-corrected chi connectivity index (χ0v) is 17.9. The van der Waals surface area contributed by atoms with Crippen LogP contribution in [-0.4, -0.2) is 37.8 Å². The molecular formula is C18H23IN4OS. The number of pyridine rings is 1. The van der Waals surface area contributed by atoms with Crippen molar-refractivity contribution in [3.05, 3.63) is 30.4 Å². The van der Waals surface area contributed by atoms with Crippen LogP contribution < -0.4 is 5.32 Å². The summed E-state index contributed by atoms with van der Waals surface area (Å²) in [5, 5.41) is 3.27. The molecule has 7 heteroatoms. The minimum absolute atomic E-state index is 0.130. The number of fused-ring (bicyclic) bond motifs is 2. The number of rotatable bonds is 4. The molecule has 0 unspecified atom stereocenters. The van der Waals surface area contributed by atoms with E-state index < -0.39 is 5.54 Å². The van der Waals surface area contributed by atoms with E-state index in [0.717, 1.165) is 24.4 Å². The van der Waals surface area contributed by atoms with E-state index in [4.69, 9.17) is 0 Å². The highest BCUT2D eigenvalue weighted by atomic mass is 127. The van der Waals surface area contributed by atoms with Gasteiger partial charge in [-0.15, -0.1) is 11.8 Å². The van der Waals surface area contributed by atoms with E-state index in [1.807, 2.05) is 32.3 Å². The minimum Gasteiger partial charge on any atom is -0.344 e. The van der Waals surface area contributed by atoms with E-state index in [9.17, 15) is 4.79 Å². The number of thioether (sulfide) groups is 1. The normalized spacial score (nSPS) is 29.0. The Morgan fingerprint density at radius 3 is 2.92 bits per heavy atom. The van der Waals surface area contributed by atoms with Gasteiger partial charge in [0.05, 0.1) is 17.3 Å². The van der Waals surface area contributed by atoms with Crippen molar-refractivity contribution in [2.45, 2.75) is 31.2 Å². The molecule has 2 aromatic heterocycles. The summed E-state index contributed by atoms with van der Waals surface area (Å²) in [6, 6.07) is 4.13. The zero-order chi connectivity index (χ0) is 18.0. The Labute approximate surface area is 166 Å². The van der Waals surface area contributed by atoms with Crippen molar-refractivity contribution in [1.82, 2.24) is 17.8 Å². The number of nitrogens with zero attached hydrogens (tertiary/aromatic N) is 3. The molecular weight excluding hydrogens is 447 g/mol. The molecule has 1 N–H and O–H groups in total. The maximum absolute atomic E-state index is 12.9. The lowest BCUT2D eigenvalue weighted by atomic mass is 10.0. The Balaban J connectivity index is 1.58. The molecule has 3 heterocycles. The van der Waals surface area contributed by atoms with Crippen LogP contribution >= 0.6 is 34.6 Å². The van der Waals surface area contributed by atoms with Crippen molar-refractivity contribution in [2.75, 3.05) is 19.3 Å². The van der Waals surface area contributed by atoms with Gasteiger partial charge in [-0.25, -0.2) is 8.10 Å². The summed E-state index contributed by atoms with van der Waals surface area (Å²) < 4.78 is 4.39. The molecule has 25 heavy (non-hydrogen) atoms. The molecule has 3 atom stereocenters. The molecule has 4 rings (SSSR count). The smallest absolute Gasteiger partial charge is 0.224 e. The monoisotopic (exact) mass is 470 g/mol. The first-order chi connectivity index (χ1) is 11.8. The third-order valence-electron chi connectivity index (χ3n) is 5.79. The summed E-state index contributed by atoms with van der Waals surface area (Å²) in [6.07, 6.45) is 5.99. The minimum atomic E-state index is -0.516. The van der Waals surface area contributed by atoms with Crippen LogP contribution in [0.5, 0.6) is 0 Å². The molecule has 2 aliphatic rings. The van der Waals surface area contributed by atoms with E-state index in [1.54, 1.807) is 11.8 Å². The maximum atomic E-state index is 12.9. The van der Waals surface area contributed by atoms with Gasteiger partial charge in [-0.3, -0.25) is 4.79 Å². The van der Waals surface area contributed by atoms with E-state index in [1.165, 1.54) is 4.90 Å². The standard InChI is InChI=1S/C18H23IN4OS/c1-17(2,16-20-8-12-13(25-4)6-5-7-23(12)16)21-15(24)14-11-9-22(19)10-18(11,14)3/h5-8,11,14H,9-10H2,1-4H3,(H,21,24)/t11-,14+,18-/m0/s1. The molecule has 5 nitrogen and oxygen atoms in total. The summed E-state index contributed by atoms with van der Waals surface area (Å²) in [6.45, 7) is 8.33. The van der Waals surface area contributed by atoms with Crippen LogP contribution in [-0.2, 0) is 10.3 Å². The number of amides is 1. The predicted molar refractivity (Wildman–Crippen MR) is 109 cm³/mol. The lowest BCUT2D eigenvalue weighted by molar-refractivity contribution is -0.125. The lowest BCUT2D eigenvalue weighted by Gasteiger charge is -2.26. The third kappa shape index (κ3) is 2.70. The SMILES string of the molecule is CSc1cccn2c(C(C)(C)NC(=O)[C@H]3[C@@H]4CN(I)C[C@@]43C)ncc12. The van der Waals surface area contributed by atoms with E-state index in [2.05, 4.69) is 59.9 Å². The molecule has 0 radical (unpaired) electrons. The Bertz CT molecular complexity index is 851. The molecule has 1 aliphatic carbocycles. The van der Waals surface area contributed by atoms with Gasteiger partial charge in [0.1, 0.15) is 5.82 Å². The molecule has 134 valence electrons. The van der Waals surface area contributed by atoms with Crippen LogP contribution in [0.25, 0.3) is 5.52 Å². The number of hydrogen-bond acceptors (Lipinski definition) is 4. The molecule has 0 aromatic carbocycles. The number of carbonyl (C=O) groups is 1. The first kappa shape index (κ1) is 17.6. The van der Waals surface area contributed by atoms with Crippen LogP contribution in [0.1, 0.15) is 26.6 Å². The highest BCUT2D eigenvalue weighted by Gasteiger charge is 2.68. The summed E-state index contributed by atoms with van der Waals surface area (Å²) in [5.74, 6) is 1.66. The number of imidazole rings is 1. The summed E-state index contributed by atoms with van der Waals surface area (Å²) >= 11 is 4.07. The fourth-order valence-electron chi connectivity index (χ4n) is 4.39.